The standard InChI is InChI=1S/C22H20BrN3O4/c23-19-20(30-14-16-4-2-1-3-5-16)24-15-26(22(19)28)18-8-6-17(7-9-18)21(27)25-10-12-29-13-11-25/h1-9,15H,10-14H2. The summed E-state index contributed by atoms with van der Waals surface area (Å²) in [4.78, 5) is 31.4. The molecule has 1 amide bonds. The van der Waals surface area contributed by atoms with Crippen LogP contribution in [0, 0.1) is 0 Å². The van der Waals surface area contributed by atoms with Gasteiger partial charge < -0.3 is 14.4 Å². The van der Waals surface area contributed by atoms with E-state index in [2.05, 4.69) is 20.9 Å². The number of benzene rings is 2. The first-order chi connectivity index (χ1) is 14.6. The molecule has 2 heterocycles. The van der Waals surface area contributed by atoms with Gasteiger partial charge in [0, 0.05) is 18.7 Å². The van der Waals surface area contributed by atoms with Gasteiger partial charge in [0.05, 0.1) is 18.9 Å². The maximum absolute atomic E-state index is 12.8. The van der Waals surface area contributed by atoms with Crippen molar-refractivity contribution in [2.75, 3.05) is 26.3 Å². The molecule has 1 aliphatic rings. The molecule has 7 nitrogen and oxygen atoms in total. The lowest BCUT2D eigenvalue weighted by Gasteiger charge is -2.26. The van der Waals surface area contributed by atoms with Crippen LogP contribution >= 0.6 is 15.9 Å². The van der Waals surface area contributed by atoms with Gasteiger partial charge in [-0.2, -0.15) is 0 Å². The Hall–Kier alpha value is -2.97. The number of ether oxygens (including phenoxy) is 2. The molecular weight excluding hydrogens is 450 g/mol. The molecule has 1 saturated heterocycles. The minimum absolute atomic E-state index is 0.0406. The van der Waals surface area contributed by atoms with Gasteiger partial charge in [0.15, 0.2) is 0 Å². The molecule has 0 radical (unpaired) electrons. The van der Waals surface area contributed by atoms with Crippen LogP contribution in [0.15, 0.2) is 70.2 Å². The Labute approximate surface area is 182 Å². The van der Waals surface area contributed by atoms with Crippen molar-refractivity contribution in [3.63, 3.8) is 0 Å². The van der Waals surface area contributed by atoms with Crippen LogP contribution in [0.5, 0.6) is 5.88 Å². The van der Waals surface area contributed by atoms with E-state index in [1.54, 1.807) is 29.2 Å². The number of hydrogen-bond donors (Lipinski definition) is 0. The SMILES string of the molecule is O=C(c1ccc(-n2cnc(OCc3ccccc3)c(Br)c2=O)cc1)N1CCOCC1. The minimum atomic E-state index is -0.291. The third kappa shape index (κ3) is 4.44. The fourth-order valence-electron chi connectivity index (χ4n) is 3.14. The lowest BCUT2D eigenvalue weighted by molar-refractivity contribution is 0.0303. The van der Waals surface area contributed by atoms with Crippen molar-refractivity contribution < 1.29 is 14.3 Å². The first-order valence-corrected chi connectivity index (χ1v) is 10.3. The van der Waals surface area contributed by atoms with Crippen LogP contribution < -0.4 is 10.3 Å². The van der Waals surface area contributed by atoms with E-state index in [4.69, 9.17) is 9.47 Å². The Balaban J connectivity index is 1.50. The maximum atomic E-state index is 12.8. The second kappa shape index (κ2) is 9.23. The van der Waals surface area contributed by atoms with Crippen molar-refractivity contribution in [2.24, 2.45) is 0 Å². The molecular formula is C22H20BrN3O4. The van der Waals surface area contributed by atoms with Gasteiger partial charge in [-0.3, -0.25) is 14.2 Å². The molecule has 0 saturated carbocycles. The molecule has 4 rings (SSSR count). The van der Waals surface area contributed by atoms with Gasteiger partial charge in [0.25, 0.3) is 11.5 Å². The fraction of sp³-hybridized carbons (Fsp3) is 0.227. The summed E-state index contributed by atoms with van der Waals surface area (Å²) in [6.07, 6.45) is 1.42. The molecule has 0 bridgehead atoms. The number of morpholine rings is 1. The molecule has 3 aromatic rings. The Bertz CT molecular complexity index is 1080. The van der Waals surface area contributed by atoms with Crippen molar-refractivity contribution in [3.05, 3.63) is 86.9 Å². The highest BCUT2D eigenvalue weighted by Gasteiger charge is 2.19. The van der Waals surface area contributed by atoms with Gasteiger partial charge in [-0.05, 0) is 45.8 Å². The molecule has 0 N–H and O–H groups in total. The predicted molar refractivity (Wildman–Crippen MR) is 115 cm³/mol. The van der Waals surface area contributed by atoms with Crippen molar-refractivity contribution in [3.8, 4) is 11.6 Å². The summed E-state index contributed by atoms with van der Waals surface area (Å²) in [6.45, 7) is 2.59. The number of amides is 1. The van der Waals surface area contributed by atoms with Gasteiger partial charge in [-0.15, -0.1) is 0 Å². The van der Waals surface area contributed by atoms with E-state index in [0.717, 1.165) is 5.56 Å². The zero-order chi connectivity index (χ0) is 20.9. The van der Waals surface area contributed by atoms with E-state index in [1.807, 2.05) is 30.3 Å². The van der Waals surface area contributed by atoms with E-state index in [1.165, 1.54) is 10.9 Å². The Morgan fingerprint density at radius 1 is 1.07 bits per heavy atom. The number of halogens is 1. The van der Waals surface area contributed by atoms with E-state index in [-0.39, 0.29) is 21.8 Å². The number of nitrogens with zero attached hydrogens (tertiary/aromatic N) is 3. The minimum Gasteiger partial charge on any atom is -0.472 e. The molecule has 2 aromatic carbocycles. The summed E-state index contributed by atoms with van der Waals surface area (Å²) >= 11 is 3.30. The normalized spacial score (nSPS) is 13.8. The lowest BCUT2D eigenvalue weighted by Crippen LogP contribution is -2.40. The maximum Gasteiger partial charge on any atom is 0.276 e. The van der Waals surface area contributed by atoms with Gasteiger partial charge in [-0.25, -0.2) is 4.98 Å². The smallest absolute Gasteiger partial charge is 0.276 e. The van der Waals surface area contributed by atoms with Crippen LogP contribution in [0.2, 0.25) is 0 Å². The second-order valence-corrected chi connectivity index (χ2v) is 7.56. The van der Waals surface area contributed by atoms with Gasteiger partial charge in [0.1, 0.15) is 17.4 Å². The number of rotatable bonds is 5. The average molecular weight is 470 g/mol. The third-order valence-corrected chi connectivity index (χ3v) is 5.47. The molecule has 30 heavy (non-hydrogen) atoms. The summed E-state index contributed by atoms with van der Waals surface area (Å²) in [5.41, 5.74) is 1.88. The quantitative estimate of drug-likeness (QED) is 0.573. The Morgan fingerprint density at radius 3 is 2.47 bits per heavy atom. The fourth-order valence-corrected chi connectivity index (χ4v) is 3.55. The molecule has 1 aromatic heterocycles. The number of carbonyl (C=O) groups is 1. The molecule has 154 valence electrons. The molecule has 0 atom stereocenters. The molecule has 0 aliphatic carbocycles. The van der Waals surface area contributed by atoms with E-state index < -0.39 is 0 Å². The molecule has 1 aliphatic heterocycles. The largest absolute Gasteiger partial charge is 0.472 e. The van der Waals surface area contributed by atoms with E-state index in [9.17, 15) is 9.59 Å². The van der Waals surface area contributed by atoms with Crippen molar-refractivity contribution in [2.45, 2.75) is 6.61 Å². The lowest BCUT2D eigenvalue weighted by atomic mass is 10.1. The summed E-state index contributed by atoms with van der Waals surface area (Å²) in [5.74, 6) is 0.195. The van der Waals surface area contributed by atoms with Crippen LogP contribution in [0.25, 0.3) is 5.69 Å². The number of carbonyl (C=O) groups excluding carboxylic acids is 1. The number of aromatic nitrogens is 2. The number of hydrogen-bond acceptors (Lipinski definition) is 5. The Morgan fingerprint density at radius 2 is 1.77 bits per heavy atom. The first-order valence-electron chi connectivity index (χ1n) is 9.55. The zero-order valence-electron chi connectivity index (χ0n) is 16.2. The van der Waals surface area contributed by atoms with Crippen molar-refractivity contribution >= 4 is 21.8 Å². The van der Waals surface area contributed by atoms with Gasteiger partial charge in [-0.1, -0.05) is 30.3 Å². The van der Waals surface area contributed by atoms with Crippen LogP contribution in [0.3, 0.4) is 0 Å². The summed E-state index contributed by atoms with van der Waals surface area (Å²) in [6, 6.07) is 16.5. The molecule has 8 heteroatoms. The van der Waals surface area contributed by atoms with Gasteiger partial charge >= 0.3 is 0 Å². The first kappa shape index (κ1) is 20.3. The second-order valence-electron chi connectivity index (χ2n) is 6.76. The Kier molecular flexibility index (Phi) is 6.25. The van der Waals surface area contributed by atoms with Crippen LogP contribution in [0.4, 0.5) is 0 Å². The van der Waals surface area contributed by atoms with Crippen LogP contribution in [0.1, 0.15) is 15.9 Å². The van der Waals surface area contributed by atoms with Crippen LogP contribution in [-0.4, -0.2) is 46.7 Å². The summed E-state index contributed by atoms with van der Waals surface area (Å²) in [7, 11) is 0. The third-order valence-electron chi connectivity index (χ3n) is 4.79. The summed E-state index contributed by atoms with van der Waals surface area (Å²) < 4.78 is 12.6. The zero-order valence-corrected chi connectivity index (χ0v) is 17.7. The van der Waals surface area contributed by atoms with Gasteiger partial charge in [0.2, 0.25) is 5.88 Å². The molecule has 0 unspecified atom stereocenters. The highest BCUT2D eigenvalue weighted by Crippen LogP contribution is 2.20. The van der Waals surface area contributed by atoms with E-state index in [0.29, 0.717) is 44.2 Å². The highest BCUT2D eigenvalue weighted by atomic mass is 79.9. The predicted octanol–water partition coefficient (Wildman–Crippen LogP) is 3.05. The molecule has 0 spiro atoms. The molecule has 1 fully saturated rings. The van der Waals surface area contributed by atoms with Crippen molar-refractivity contribution in [1.29, 1.82) is 0 Å². The monoisotopic (exact) mass is 469 g/mol. The van der Waals surface area contributed by atoms with Crippen molar-refractivity contribution in [1.82, 2.24) is 14.5 Å². The van der Waals surface area contributed by atoms with E-state index >= 15 is 0 Å². The topological polar surface area (TPSA) is 73.7 Å². The highest BCUT2D eigenvalue weighted by molar-refractivity contribution is 9.10. The summed E-state index contributed by atoms with van der Waals surface area (Å²) in [5, 5.41) is 0. The van der Waals surface area contributed by atoms with Crippen LogP contribution in [-0.2, 0) is 11.3 Å². The average Bonchev–Trinajstić information content (AvgIpc) is 2.81.